The summed E-state index contributed by atoms with van der Waals surface area (Å²) in [5, 5.41) is 7.15. The summed E-state index contributed by atoms with van der Waals surface area (Å²) in [6.45, 7) is 4.17. The minimum Gasteiger partial charge on any atom is -0.365 e. The second-order valence-corrected chi connectivity index (χ2v) is 6.39. The average molecular weight is 301 g/mol. The zero-order valence-corrected chi connectivity index (χ0v) is 13.2. The van der Waals surface area contributed by atoms with E-state index >= 15 is 0 Å². The quantitative estimate of drug-likeness (QED) is 0.768. The molecule has 0 fully saturated rings. The van der Waals surface area contributed by atoms with Crippen LogP contribution in [0.25, 0.3) is 21.1 Å². The molecule has 3 nitrogen and oxygen atoms in total. The highest BCUT2D eigenvalue weighted by molar-refractivity contribution is 7.19. The predicted octanol–water partition coefficient (Wildman–Crippen LogP) is 4.59. The minimum atomic E-state index is 0.935. The number of rotatable bonds is 3. The largest absolute Gasteiger partial charge is 0.365 e. The molecule has 0 bridgehead atoms. The lowest BCUT2D eigenvalue weighted by Crippen LogP contribution is -1.85. The SMILES string of the molecule is CNc1nc(-c2sc(-c3ccccc3C)nc2C)cs1. The van der Waals surface area contributed by atoms with Gasteiger partial charge in [-0.2, -0.15) is 0 Å². The van der Waals surface area contributed by atoms with E-state index in [1.165, 1.54) is 11.1 Å². The van der Waals surface area contributed by atoms with Crippen molar-refractivity contribution in [2.75, 3.05) is 12.4 Å². The molecular formula is C15H15N3S2. The molecular weight excluding hydrogens is 286 g/mol. The van der Waals surface area contributed by atoms with Crippen LogP contribution in [0.3, 0.4) is 0 Å². The second kappa shape index (κ2) is 5.34. The lowest BCUT2D eigenvalue weighted by atomic mass is 10.1. The fourth-order valence-electron chi connectivity index (χ4n) is 2.05. The summed E-state index contributed by atoms with van der Waals surface area (Å²) in [6.07, 6.45) is 0. The number of hydrogen-bond donors (Lipinski definition) is 1. The molecule has 3 aromatic rings. The fraction of sp³-hybridized carbons (Fsp3) is 0.200. The molecule has 1 N–H and O–H groups in total. The molecule has 0 unspecified atom stereocenters. The average Bonchev–Trinajstić information content (AvgIpc) is 3.05. The Bertz CT molecular complexity index is 743. The first kappa shape index (κ1) is 13.3. The zero-order chi connectivity index (χ0) is 14.1. The maximum Gasteiger partial charge on any atom is 0.182 e. The molecule has 0 spiro atoms. The van der Waals surface area contributed by atoms with Gasteiger partial charge in [-0.15, -0.1) is 22.7 Å². The molecule has 0 aliphatic heterocycles. The van der Waals surface area contributed by atoms with Gasteiger partial charge in [0.15, 0.2) is 5.13 Å². The number of hydrogen-bond acceptors (Lipinski definition) is 5. The predicted molar refractivity (Wildman–Crippen MR) is 87.7 cm³/mol. The van der Waals surface area contributed by atoms with E-state index < -0.39 is 0 Å². The van der Waals surface area contributed by atoms with Crippen LogP contribution in [0.5, 0.6) is 0 Å². The van der Waals surface area contributed by atoms with Crippen molar-refractivity contribution < 1.29 is 0 Å². The zero-order valence-electron chi connectivity index (χ0n) is 11.6. The van der Waals surface area contributed by atoms with E-state index in [9.17, 15) is 0 Å². The number of benzene rings is 1. The number of aromatic nitrogens is 2. The van der Waals surface area contributed by atoms with E-state index in [1.807, 2.05) is 14.0 Å². The van der Waals surface area contributed by atoms with Gasteiger partial charge in [-0.3, -0.25) is 0 Å². The van der Waals surface area contributed by atoms with Crippen LogP contribution in [0.1, 0.15) is 11.3 Å². The fourth-order valence-corrected chi connectivity index (χ4v) is 3.91. The Morgan fingerprint density at radius 2 is 1.90 bits per heavy atom. The van der Waals surface area contributed by atoms with Crippen LogP contribution in [-0.2, 0) is 0 Å². The summed E-state index contributed by atoms with van der Waals surface area (Å²) in [5.41, 5.74) is 4.51. The van der Waals surface area contributed by atoms with Gasteiger partial charge in [0.1, 0.15) is 5.01 Å². The maximum atomic E-state index is 4.72. The number of thiazole rings is 2. The third-order valence-electron chi connectivity index (χ3n) is 3.12. The molecule has 0 atom stereocenters. The Hall–Kier alpha value is -1.72. The number of nitrogens with zero attached hydrogens (tertiary/aromatic N) is 2. The molecule has 2 aromatic heterocycles. The topological polar surface area (TPSA) is 37.8 Å². The Kier molecular flexibility index (Phi) is 3.54. The molecule has 2 heterocycles. The maximum absolute atomic E-state index is 4.72. The first-order valence-corrected chi connectivity index (χ1v) is 8.05. The smallest absolute Gasteiger partial charge is 0.182 e. The van der Waals surface area contributed by atoms with Gasteiger partial charge < -0.3 is 5.32 Å². The third kappa shape index (κ3) is 2.34. The Morgan fingerprint density at radius 1 is 1.10 bits per heavy atom. The van der Waals surface area contributed by atoms with Crippen LogP contribution in [0.4, 0.5) is 5.13 Å². The molecule has 20 heavy (non-hydrogen) atoms. The molecule has 3 rings (SSSR count). The molecule has 0 saturated carbocycles. The van der Waals surface area contributed by atoms with Crippen molar-refractivity contribution in [3.63, 3.8) is 0 Å². The van der Waals surface area contributed by atoms with Gasteiger partial charge >= 0.3 is 0 Å². The summed E-state index contributed by atoms with van der Waals surface area (Å²) in [7, 11) is 1.89. The lowest BCUT2D eigenvalue weighted by molar-refractivity contribution is 1.25. The van der Waals surface area contributed by atoms with Gasteiger partial charge in [0.2, 0.25) is 0 Å². The van der Waals surface area contributed by atoms with Gasteiger partial charge in [-0.1, -0.05) is 24.3 Å². The van der Waals surface area contributed by atoms with Gasteiger partial charge in [0.25, 0.3) is 0 Å². The van der Waals surface area contributed by atoms with Crippen molar-refractivity contribution in [2.45, 2.75) is 13.8 Å². The van der Waals surface area contributed by atoms with E-state index in [1.54, 1.807) is 22.7 Å². The van der Waals surface area contributed by atoms with Crippen molar-refractivity contribution >= 4 is 27.8 Å². The Labute approximate surface area is 126 Å². The van der Waals surface area contributed by atoms with E-state index in [0.29, 0.717) is 0 Å². The summed E-state index contributed by atoms with van der Waals surface area (Å²) in [6, 6.07) is 8.35. The number of nitrogens with one attached hydrogen (secondary N) is 1. The van der Waals surface area contributed by atoms with Crippen LogP contribution in [0, 0.1) is 13.8 Å². The van der Waals surface area contributed by atoms with Crippen molar-refractivity contribution in [1.82, 2.24) is 9.97 Å². The number of aryl methyl sites for hydroxylation is 2. The monoisotopic (exact) mass is 301 g/mol. The second-order valence-electron chi connectivity index (χ2n) is 4.54. The van der Waals surface area contributed by atoms with E-state index in [-0.39, 0.29) is 0 Å². The van der Waals surface area contributed by atoms with Crippen LogP contribution in [-0.4, -0.2) is 17.0 Å². The lowest BCUT2D eigenvalue weighted by Gasteiger charge is -1.99. The molecule has 0 aliphatic carbocycles. The van der Waals surface area contributed by atoms with Crippen LogP contribution in [0.2, 0.25) is 0 Å². The molecule has 102 valence electrons. The first-order chi connectivity index (χ1) is 9.69. The molecule has 0 amide bonds. The normalized spacial score (nSPS) is 10.8. The highest BCUT2D eigenvalue weighted by Gasteiger charge is 2.14. The first-order valence-electron chi connectivity index (χ1n) is 6.36. The van der Waals surface area contributed by atoms with Crippen molar-refractivity contribution in [2.24, 2.45) is 0 Å². The molecule has 0 radical (unpaired) electrons. The Balaban J connectivity index is 2.05. The van der Waals surface area contributed by atoms with E-state index in [0.717, 1.165) is 26.4 Å². The van der Waals surface area contributed by atoms with Crippen molar-refractivity contribution in [3.05, 3.63) is 40.9 Å². The highest BCUT2D eigenvalue weighted by Crippen LogP contribution is 2.37. The molecule has 1 aromatic carbocycles. The van der Waals surface area contributed by atoms with Crippen molar-refractivity contribution in [3.8, 4) is 21.1 Å². The van der Waals surface area contributed by atoms with Crippen LogP contribution in [0.15, 0.2) is 29.6 Å². The van der Waals surface area contributed by atoms with Gasteiger partial charge in [-0.25, -0.2) is 9.97 Å². The standard InChI is InChI=1S/C15H15N3S2/c1-9-6-4-5-7-11(9)14-17-10(2)13(20-14)12-8-19-15(16-3)18-12/h4-8H,1-3H3,(H,16,18). The summed E-state index contributed by atoms with van der Waals surface area (Å²) >= 11 is 3.33. The van der Waals surface area contributed by atoms with Crippen molar-refractivity contribution in [1.29, 1.82) is 0 Å². The van der Waals surface area contributed by atoms with E-state index in [4.69, 9.17) is 4.98 Å². The Morgan fingerprint density at radius 3 is 2.60 bits per heavy atom. The van der Waals surface area contributed by atoms with Crippen LogP contribution >= 0.6 is 22.7 Å². The molecule has 5 heteroatoms. The third-order valence-corrected chi connectivity index (χ3v) is 5.20. The summed E-state index contributed by atoms with van der Waals surface area (Å²) in [4.78, 5) is 10.4. The number of anilines is 1. The minimum absolute atomic E-state index is 0.935. The summed E-state index contributed by atoms with van der Waals surface area (Å²) in [5.74, 6) is 0. The highest BCUT2D eigenvalue weighted by atomic mass is 32.1. The van der Waals surface area contributed by atoms with Gasteiger partial charge in [0.05, 0.1) is 16.3 Å². The molecule has 0 aliphatic rings. The molecule has 0 saturated heterocycles. The van der Waals surface area contributed by atoms with Gasteiger partial charge in [-0.05, 0) is 19.4 Å². The van der Waals surface area contributed by atoms with Gasteiger partial charge in [0, 0.05) is 18.0 Å². The van der Waals surface area contributed by atoms with Crippen LogP contribution < -0.4 is 5.32 Å². The van der Waals surface area contributed by atoms with E-state index in [2.05, 4.69) is 46.9 Å². The summed E-state index contributed by atoms with van der Waals surface area (Å²) < 4.78 is 0.